The first-order chi connectivity index (χ1) is 8.18. The number of carboxylic acid groups (broad SMARTS) is 1. The van der Waals surface area contributed by atoms with Gasteiger partial charge >= 0.3 is 5.97 Å². The zero-order chi connectivity index (χ0) is 12.3. The number of aromatic carboxylic acids is 1. The Hall–Kier alpha value is -1.29. The van der Waals surface area contributed by atoms with E-state index in [0.717, 1.165) is 0 Å². The largest absolute Gasteiger partial charge is 0.478 e. The number of hydrogen-bond acceptors (Lipinski definition) is 3. The van der Waals surface area contributed by atoms with Crippen LogP contribution in [-0.2, 0) is 6.54 Å². The third-order valence-corrected chi connectivity index (χ3v) is 3.57. The number of rotatable bonds is 4. The molecule has 4 nitrogen and oxygen atoms in total. The molecule has 94 valence electrons. The molecule has 1 N–H and O–H groups in total. The zero-order valence-electron chi connectivity index (χ0n) is 10.2. The zero-order valence-corrected chi connectivity index (χ0v) is 10.2. The van der Waals surface area contributed by atoms with Crippen LogP contribution in [0.2, 0.25) is 0 Å². The van der Waals surface area contributed by atoms with Gasteiger partial charge in [0.05, 0.1) is 12.8 Å². The first kappa shape index (κ1) is 12.2. The standard InChI is InChI=1S/C13H19NO3/c1-14(10-5-3-2-4-6-10)9-12-11(13(15)16)7-8-17-12/h7-8,10H,2-6,9H2,1H3,(H,15,16). The van der Waals surface area contributed by atoms with E-state index in [9.17, 15) is 4.79 Å². The highest BCUT2D eigenvalue weighted by molar-refractivity contribution is 5.88. The Kier molecular flexibility index (Phi) is 3.84. The molecule has 0 aromatic carbocycles. The number of carboxylic acids is 1. The second kappa shape index (κ2) is 5.36. The van der Waals surface area contributed by atoms with Crippen LogP contribution in [0.4, 0.5) is 0 Å². The van der Waals surface area contributed by atoms with Crippen LogP contribution in [0.5, 0.6) is 0 Å². The molecule has 0 amide bonds. The van der Waals surface area contributed by atoms with E-state index in [4.69, 9.17) is 9.52 Å². The molecular weight excluding hydrogens is 218 g/mol. The van der Waals surface area contributed by atoms with Gasteiger partial charge in [-0.2, -0.15) is 0 Å². The second-order valence-corrected chi connectivity index (χ2v) is 4.77. The summed E-state index contributed by atoms with van der Waals surface area (Å²) in [5.74, 6) is -0.351. The van der Waals surface area contributed by atoms with Gasteiger partial charge in [-0.15, -0.1) is 0 Å². The van der Waals surface area contributed by atoms with Crippen LogP contribution in [0.25, 0.3) is 0 Å². The van der Waals surface area contributed by atoms with Gasteiger partial charge in [0.1, 0.15) is 11.3 Å². The highest BCUT2D eigenvalue weighted by Crippen LogP contribution is 2.23. The Labute approximate surface area is 101 Å². The van der Waals surface area contributed by atoms with Gasteiger partial charge in [-0.3, -0.25) is 4.90 Å². The number of furan rings is 1. The molecule has 1 aliphatic rings. The Morgan fingerprint density at radius 3 is 2.82 bits per heavy atom. The third kappa shape index (κ3) is 2.88. The molecule has 1 fully saturated rings. The number of nitrogens with zero attached hydrogens (tertiary/aromatic N) is 1. The number of carbonyl (C=O) groups is 1. The Morgan fingerprint density at radius 1 is 1.47 bits per heavy atom. The van der Waals surface area contributed by atoms with Crippen molar-refractivity contribution in [1.29, 1.82) is 0 Å². The summed E-state index contributed by atoms with van der Waals surface area (Å²) in [6.45, 7) is 0.583. The summed E-state index contributed by atoms with van der Waals surface area (Å²) in [7, 11) is 2.05. The van der Waals surface area contributed by atoms with E-state index in [2.05, 4.69) is 4.90 Å². The average molecular weight is 237 g/mol. The van der Waals surface area contributed by atoms with Crippen LogP contribution in [-0.4, -0.2) is 29.1 Å². The predicted molar refractivity (Wildman–Crippen MR) is 64.0 cm³/mol. The molecule has 4 heteroatoms. The van der Waals surface area contributed by atoms with Crippen LogP contribution >= 0.6 is 0 Å². The molecule has 1 aromatic heterocycles. The van der Waals surface area contributed by atoms with Gasteiger partial charge in [-0.05, 0) is 26.0 Å². The van der Waals surface area contributed by atoms with Crippen molar-refractivity contribution in [2.45, 2.75) is 44.7 Å². The predicted octanol–water partition coefficient (Wildman–Crippen LogP) is 2.74. The van der Waals surface area contributed by atoms with Crippen molar-refractivity contribution in [2.75, 3.05) is 7.05 Å². The Balaban J connectivity index is 1.99. The Morgan fingerprint density at radius 2 is 2.18 bits per heavy atom. The van der Waals surface area contributed by atoms with Crippen LogP contribution < -0.4 is 0 Å². The van der Waals surface area contributed by atoms with Crippen molar-refractivity contribution >= 4 is 5.97 Å². The SMILES string of the molecule is CN(Cc1occc1C(=O)O)C1CCCCC1. The summed E-state index contributed by atoms with van der Waals surface area (Å²) in [5, 5.41) is 9.00. The first-order valence-corrected chi connectivity index (χ1v) is 6.18. The first-order valence-electron chi connectivity index (χ1n) is 6.18. The maximum atomic E-state index is 11.0. The fourth-order valence-corrected chi connectivity index (χ4v) is 2.53. The highest BCUT2D eigenvalue weighted by atomic mass is 16.4. The van der Waals surface area contributed by atoms with Crippen LogP contribution in [0.15, 0.2) is 16.7 Å². The summed E-state index contributed by atoms with van der Waals surface area (Å²) in [5.41, 5.74) is 0.285. The van der Waals surface area contributed by atoms with Gasteiger partial charge < -0.3 is 9.52 Å². The molecule has 2 rings (SSSR count). The summed E-state index contributed by atoms with van der Waals surface area (Å²) >= 11 is 0. The van der Waals surface area contributed by atoms with Gasteiger partial charge in [0.2, 0.25) is 0 Å². The molecule has 1 aromatic rings. The quantitative estimate of drug-likeness (QED) is 0.874. The smallest absolute Gasteiger partial charge is 0.339 e. The molecular formula is C13H19NO3. The normalized spacial score (nSPS) is 17.5. The van der Waals surface area contributed by atoms with Crippen LogP contribution in [0.3, 0.4) is 0 Å². The summed E-state index contributed by atoms with van der Waals surface area (Å²) in [6, 6.07) is 2.09. The molecule has 0 bridgehead atoms. The lowest BCUT2D eigenvalue weighted by Gasteiger charge is -2.30. The van der Waals surface area contributed by atoms with E-state index in [1.54, 1.807) is 0 Å². The second-order valence-electron chi connectivity index (χ2n) is 4.77. The van der Waals surface area contributed by atoms with Gasteiger partial charge in [0.15, 0.2) is 0 Å². The monoisotopic (exact) mass is 237 g/mol. The summed E-state index contributed by atoms with van der Waals surface area (Å²) in [4.78, 5) is 13.2. The molecule has 0 spiro atoms. The molecule has 0 atom stereocenters. The van der Waals surface area contributed by atoms with Crippen molar-refractivity contribution in [3.63, 3.8) is 0 Å². The minimum Gasteiger partial charge on any atom is -0.478 e. The molecule has 0 saturated heterocycles. The molecule has 0 unspecified atom stereocenters. The lowest BCUT2D eigenvalue weighted by molar-refractivity contribution is 0.0691. The van der Waals surface area contributed by atoms with Crippen molar-refractivity contribution < 1.29 is 14.3 Å². The summed E-state index contributed by atoms with van der Waals surface area (Å²) in [6.07, 6.45) is 7.75. The average Bonchev–Trinajstić information content (AvgIpc) is 2.78. The van der Waals surface area contributed by atoms with Crippen molar-refractivity contribution in [1.82, 2.24) is 4.90 Å². The molecule has 0 aliphatic heterocycles. The van der Waals surface area contributed by atoms with E-state index in [1.165, 1.54) is 44.4 Å². The lowest BCUT2D eigenvalue weighted by Crippen LogP contribution is -2.33. The molecule has 1 aliphatic carbocycles. The number of hydrogen-bond donors (Lipinski definition) is 1. The van der Waals surface area contributed by atoms with Crippen LogP contribution in [0, 0.1) is 0 Å². The Bertz CT molecular complexity index is 380. The van der Waals surface area contributed by atoms with E-state index in [1.807, 2.05) is 7.05 Å². The topological polar surface area (TPSA) is 53.7 Å². The van der Waals surface area contributed by atoms with Crippen molar-refractivity contribution in [2.24, 2.45) is 0 Å². The summed E-state index contributed by atoms with van der Waals surface area (Å²) < 4.78 is 5.26. The highest BCUT2D eigenvalue weighted by Gasteiger charge is 2.21. The molecule has 1 saturated carbocycles. The maximum Gasteiger partial charge on any atom is 0.339 e. The lowest BCUT2D eigenvalue weighted by atomic mass is 9.94. The third-order valence-electron chi connectivity index (χ3n) is 3.57. The fraction of sp³-hybridized carbons (Fsp3) is 0.615. The van der Waals surface area contributed by atoms with Gasteiger partial charge in [0.25, 0.3) is 0 Å². The van der Waals surface area contributed by atoms with Gasteiger partial charge in [0, 0.05) is 6.04 Å². The van der Waals surface area contributed by atoms with Crippen molar-refractivity contribution in [3.8, 4) is 0 Å². The minimum absolute atomic E-state index is 0.285. The maximum absolute atomic E-state index is 11.0. The molecule has 17 heavy (non-hydrogen) atoms. The minimum atomic E-state index is -0.911. The molecule has 1 heterocycles. The van der Waals surface area contributed by atoms with Gasteiger partial charge in [-0.1, -0.05) is 19.3 Å². The van der Waals surface area contributed by atoms with Crippen LogP contribution in [0.1, 0.15) is 48.2 Å². The van der Waals surface area contributed by atoms with E-state index < -0.39 is 5.97 Å². The van der Waals surface area contributed by atoms with E-state index >= 15 is 0 Å². The fourth-order valence-electron chi connectivity index (χ4n) is 2.53. The van der Waals surface area contributed by atoms with E-state index in [-0.39, 0.29) is 5.56 Å². The van der Waals surface area contributed by atoms with Crippen molar-refractivity contribution in [3.05, 3.63) is 23.7 Å². The van der Waals surface area contributed by atoms with E-state index in [0.29, 0.717) is 18.3 Å². The molecule has 0 radical (unpaired) electrons. The van der Waals surface area contributed by atoms with Gasteiger partial charge in [-0.25, -0.2) is 4.79 Å².